The molecule has 2 saturated heterocycles. The summed E-state index contributed by atoms with van der Waals surface area (Å²) in [4.78, 5) is 5.00. The zero-order valence-corrected chi connectivity index (χ0v) is 12.5. The Labute approximate surface area is 114 Å². The summed E-state index contributed by atoms with van der Waals surface area (Å²) >= 11 is 4.26. The van der Waals surface area contributed by atoms with Crippen molar-refractivity contribution in [1.29, 1.82) is 0 Å². The van der Waals surface area contributed by atoms with E-state index in [1.807, 2.05) is 0 Å². The molecule has 0 saturated carbocycles. The van der Waals surface area contributed by atoms with Gasteiger partial charge in [0.1, 0.15) is 0 Å². The maximum absolute atomic E-state index is 3.62. The van der Waals surface area contributed by atoms with Gasteiger partial charge >= 0.3 is 0 Å². The van der Waals surface area contributed by atoms with Gasteiger partial charge in [-0.05, 0) is 7.05 Å². The van der Waals surface area contributed by atoms with Crippen molar-refractivity contribution in [3.63, 3.8) is 0 Å². The van der Waals surface area contributed by atoms with Crippen LogP contribution in [0.25, 0.3) is 0 Å². The third-order valence-corrected chi connectivity index (χ3v) is 6.30. The van der Waals surface area contributed by atoms with Gasteiger partial charge in [-0.2, -0.15) is 23.5 Å². The summed E-state index contributed by atoms with van der Waals surface area (Å²) in [7, 11) is 2.22. The molecule has 100 valence electrons. The molecule has 5 heteroatoms. The summed E-state index contributed by atoms with van der Waals surface area (Å²) < 4.78 is 0. The fourth-order valence-corrected chi connectivity index (χ4v) is 4.87. The van der Waals surface area contributed by atoms with Gasteiger partial charge in [-0.3, -0.25) is 4.90 Å². The van der Waals surface area contributed by atoms with Crippen LogP contribution in [-0.2, 0) is 0 Å². The molecule has 2 aliphatic rings. The van der Waals surface area contributed by atoms with Gasteiger partial charge in [-0.25, -0.2) is 0 Å². The van der Waals surface area contributed by atoms with E-state index in [9.17, 15) is 0 Å². The maximum atomic E-state index is 3.62. The molecule has 1 atom stereocenters. The van der Waals surface area contributed by atoms with Gasteiger partial charge in [-0.1, -0.05) is 0 Å². The molecule has 2 aliphatic heterocycles. The Kier molecular flexibility index (Phi) is 6.50. The van der Waals surface area contributed by atoms with Crippen molar-refractivity contribution in [3.05, 3.63) is 0 Å². The molecule has 17 heavy (non-hydrogen) atoms. The van der Waals surface area contributed by atoms with Crippen LogP contribution in [0.15, 0.2) is 0 Å². The molecule has 2 fully saturated rings. The first-order chi connectivity index (χ1) is 8.34. The highest BCUT2D eigenvalue weighted by Gasteiger charge is 2.15. The van der Waals surface area contributed by atoms with Crippen LogP contribution in [-0.4, -0.2) is 85.2 Å². The van der Waals surface area contributed by atoms with E-state index in [-0.39, 0.29) is 0 Å². The summed E-state index contributed by atoms with van der Waals surface area (Å²) in [6.07, 6.45) is 0. The molecular weight excluding hydrogens is 250 g/mol. The van der Waals surface area contributed by atoms with E-state index in [4.69, 9.17) is 0 Å². The number of likely N-dealkylation sites (N-methyl/N-ethyl adjacent to an activating group) is 1. The summed E-state index contributed by atoms with van der Waals surface area (Å²) in [6.45, 7) is 8.53. The number of hydrogen-bond donors (Lipinski definition) is 1. The van der Waals surface area contributed by atoms with Crippen LogP contribution in [0.5, 0.6) is 0 Å². The zero-order valence-electron chi connectivity index (χ0n) is 10.9. The van der Waals surface area contributed by atoms with Crippen LogP contribution >= 0.6 is 23.5 Å². The monoisotopic (exact) mass is 275 g/mol. The molecule has 0 aliphatic carbocycles. The third kappa shape index (κ3) is 5.39. The molecule has 0 amide bonds. The van der Waals surface area contributed by atoms with E-state index in [0.29, 0.717) is 0 Å². The van der Waals surface area contributed by atoms with Crippen molar-refractivity contribution in [1.82, 2.24) is 15.1 Å². The van der Waals surface area contributed by atoms with Crippen LogP contribution < -0.4 is 5.32 Å². The molecular formula is C12H25N3S2. The first-order valence-corrected chi connectivity index (χ1v) is 8.86. The highest BCUT2D eigenvalue weighted by Crippen LogP contribution is 2.23. The second-order valence-corrected chi connectivity index (χ2v) is 7.47. The fourth-order valence-electron chi connectivity index (χ4n) is 2.23. The Morgan fingerprint density at radius 1 is 1.18 bits per heavy atom. The first kappa shape index (κ1) is 14.0. The van der Waals surface area contributed by atoms with Gasteiger partial charge in [0, 0.05) is 68.3 Å². The standard InChI is InChI=1S/C12H25N3S2/c1-14-4-6-15(7-5-14)3-2-13-10-12-11-16-8-9-17-12/h12-13H,2-11H2,1H3. The lowest BCUT2D eigenvalue weighted by molar-refractivity contribution is 0.155. The van der Waals surface area contributed by atoms with Crippen LogP contribution in [0.1, 0.15) is 0 Å². The maximum Gasteiger partial charge on any atom is 0.0263 e. The van der Waals surface area contributed by atoms with Crippen molar-refractivity contribution in [2.45, 2.75) is 5.25 Å². The van der Waals surface area contributed by atoms with Crippen molar-refractivity contribution < 1.29 is 0 Å². The summed E-state index contributed by atoms with van der Waals surface area (Å²) in [5.41, 5.74) is 0. The largest absolute Gasteiger partial charge is 0.314 e. The Morgan fingerprint density at radius 3 is 2.71 bits per heavy atom. The number of rotatable bonds is 5. The minimum absolute atomic E-state index is 0.848. The van der Waals surface area contributed by atoms with Crippen LogP contribution in [0.3, 0.4) is 0 Å². The topological polar surface area (TPSA) is 18.5 Å². The summed E-state index contributed by atoms with van der Waals surface area (Å²) in [5.74, 6) is 4.03. The minimum atomic E-state index is 0.848. The molecule has 3 nitrogen and oxygen atoms in total. The second-order valence-electron chi connectivity index (χ2n) is 4.92. The molecule has 2 heterocycles. The molecule has 0 bridgehead atoms. The SMILES string of the molecule is CN1CCN(CCNCC2CSCCS2)CC1. The minimum Gasteiger partial charge on any atom is -0.314 e. The molecule has 0 spiro atoms. The highest BCUT2D eigenvalue weighted by molar-refractivity contribution is 8.06. The quantitative estimate of drug-likeness (QED) is 0.741. The highest BCUT2D eigenvalue weighted by atomic mass is 32.2. The van der Waals surface area contributed by atoms with Gasteiger partial charge in [-0.15, -0.1) is 0 Å². The molecule has 0 aromatic heterocycles. The lowest BCUT2D eigenvalue weighted by Crippen LogP contribution is -2.46. The molecule has 2 rings (SSSR count). The van der Waals surface area contributed by atoms with Crippen molar-refractivity contribution >= 4 is 23.5 Å². The lowest BCUT2D eigenvalue weighted by atomic mass is 10.3. The Bertz CT molecular complexity index is 202. The molecule has 1 N–H and O–H groups in total. The number of nitrogens with one attached hydrogen (secondary N) is 1. The average molecular weight is 275 g/mol. The van der Waals surface area contributed by atoms with Gasteiger partial charge in [0.25, 0.3) is 0 Å². The van der Waals surface area contributed by atoms with E-state index < -0.39 is 0 Å². The summed E-state index contributed by atoms with van der Waals surface area (Å²) in [5, 5.41) is 4.47. The van der Waals surface area contributed by atoms with Gasteiger partial charge in [0.2, 0.25) is 0 Å². The molecule has 0 aromatic carbocycles. The third-order valence-electron chi connectivity index (χ3n) is 3.46. The van der Waals surface area contributed by atoms with Gasteiger partial charge < -0.3 is 10.2 Å². The average Bonchev–Trinajstić information content (AvgIpc) is 2.38. The normalized spacial score (nSPS) is 28.4. The van der Waals surface area contributed by atoms with Gasteiger partial charge in [0.05, 0.1) is 0 Å². The first-order valence-electron chi connectivity index (χ1n) is 6.65. The van der Waals surface area contributed by atoms with Crippen LogP contribution in [0.4, 0.5) is 0 Å². The van der Waals surface area contributed by atoms with Crippen molar-refractivity contribution in [3.8, 4) is 0 Å². The number of piperazine rings is 1. The molecule has 0 radical (unpaired) electrons. The van der Waals surface area contributed by atoms with E-state index in [1.54, 1.807) is 0 Å². The Morgan fingerprint density at radius 2 is 2.00 bits per heavy atom. The molecule has 0 aromatic rings. The van der Waals surface area contributed by atoms with E-state index in [2.05, 4.69) is 45.7 Å². The molecule has 1 unspecified atom stereocenters. The van der Waals surface area contributed by atoms with Crippen LogP contribution in [0, 0.1) is 0 Å². The van der Waals surface area contributed by atoms with E-state index in [0.717, 1.165) is 11.8 Å². The predicted molar refractivity (Wildman–Crippen MR) is 80.4 cm³/mol. The second kappa shape index (κ2) is 7.89. The smallest absolute Gasteiger partial charge is 0.0263 e. The van der Waals surface area contributed by atoms with Gasteiger partial charge in [0.15, 0.2) is 0 Å². The zero-order chi connectivity index (χ0) is 11.9. The number of nitrogens with zero attached hydrogens (tertiary/aromatic N) is 2. The lowest BCUT2D eigenvalue weighted by Gasteiger charge is -2.32. The van der Waals surface area contributed by atoms with Crippen LogP contribution in [0.2, 0.25) is 0 Å². The number of hydrogen-bond acceptors (Lipinski definition) is 5. The summed E-state index contributed by atoms with van der Waals surface area (Å²) in [6, 6.07) is 0. The van der Waals surface area contributed by atoms with Crippen molar-refractivity contribution in [2.24, 2.45) is 0 Å². The Hall–Kier alpha value is 0.580. The predicted octanol–water partition coefficient (Wildman–Crippen LogP) is 0.672. The Balaban J connectivity index is 1.48. The van der Waals surface area contributed by atoms with E-state index >= 15 is 0 Å². The van der Waals surface area contributed by atoms with E-state index in [1.165, 1.54) is 56.5 Å². The van der Waals surface area contributed by atoms with Crippen molar-refractivity contribution in [2.75, 3.05) is 70.1 Å². The number of thioether (sulfide) groups is 2. The fraction of sp³-hybridized carbons (Fsp3) is 1.00.